The molecule has 0 aromatic heterocycles. The summed E-state index contributed by atoms with van der Waals surface area (Å²) in [4.78, 5) is 11.1. The molecule has 0 saturated heterocycles. The molecule has 1 aromatic carbocycles. The van der Waals surface area contributed by atoms with E-state index in [1.807, 2.05) is 24.3 Å². The van der Waals surface area contributed by atoms with Crippen molar-refractivity contribution >= 4 is 17.4 Å². The van der Waals surface area contributed by atoms with Crippen LogP contribution in [0.2, 0.25) is 0 Å². The van der Waals surface area contributed by atoms with Crippen LogP contribution in [-0.4, -0.2) is 11.9 Å². The van der Waals surface area contributed by atoms with Gasteiger partial charge in [-0.2, -0.15) is 0 Å². The van der Waals surface area contributed by atoms with Crippen LogP contribution < -0.4 is 4.74 Å². The van der Waals surface area contributed by atoms with Crippen molar-refractivity contribution in [2.75, 3.05) is 0 Å². The van der Waals surface area contributed by atoms with Crippen molar-refractivity contribution in [1.82, 2.24) is 0 Å². The lowest BCUT2D eigenvalue weighted by Gasteiger charge is -2.13. The summed E-state index contributed by atoms with van der Waals surface area (Å²) in [7, 11) is 0. The largest absolute Gasteiger partial charge is 0.490 e. The van der Waals surface area contributed by atoms with Gasteiger partial charge in [0, 0.05) is 0 Å². The second-order valence-electron chi connectivity index (χ2n) is 4.57. The molecule has 1 aromatic rings. The van der Waals surface area contributed by atoms with Gasteiger partial charge in [0.1, 0.15) is 11.1 Å². The first-order chi connectivity index (χ1) is 8.16. The number of alkyl halides is 1. The number of hydrogen-bond donors (Lipinski definition) is 0. The van der Waals surface area contributed by atoms with Crippen molar-refractivity contribution in [1.29, 1.82) is 0 Å². The van der Waals surface area contributed by atoms with E-state index in [0.717, 1.165) is 24.2 Å². The normalized spacial score (nSPS) is 18.0. The molecule has 1 unspecified atom stereocenters. The third-order valence-corrected chi connectivity index (χ3v) is 3.69. The zero-order chi connectivity index (χ0) is 12.3. The molecule has 3 heteroatoms. The molecule has 2 nitrogen and oxygen atoms in total. The summed E-state index contributed by atoms with van der Waals surface area (Å²) in [6.07, 6.45) is 5.18. The second kappa shape index (κ2) is 5.54. The Balaban J connectivity index is 1.99. The zero-order valence-corrected chi connectivity index (χ0v) is 10.7. The first kappa shape index (κ1) is 12.4. The summed E-state index contributed by atoms with van der Waals surface area (Å²) in [5.74, 6) is 0.837. The summed E-state index contributed by atoms with van der Waals surface area (Å²) in [6, 6.07) is 7.52. The Hall–Kier alpha value is -1.02. The molecule has 1 atom stereocenters. The first-order valence-corrected chi connectivity index (χ1v) is 6.51. The highest BCUT2D eigenvalue weighted by molar-refractivity contribution is 6.30. The second-order valence-corrected chi connectivity index (χ2v) is 5.00. The van der Waals surface area contributed by atoms with E-state index in [4.69, 9.17) is 16.3 Å². The van der Waals surface area contributed by atoms with Crippen LogP contribution in [0.1, 0.15) is 43.5 Å². The SMILES string of the molecule is CC(=O)C(Cl)c1ccc(OC2CCCC2)cc1. The van der Waals surface area contributed by atoms with Crippen LogP contribution >= 0.6 is 11.6 Å². The predicted molar refractivity (Wildman–Crippen MR) is 68.6 cm³/mol. The van der Waals surface area contributed by atoms with Gasteiger partial charge in [0.2, 0.25) is 0 Å². The van der Waals surface area contributed by atoms with E-state index in [1.54, 1.807) is 0 Å². The van der Waals surface area contributed by atoms with E-state index >= 15 is 0 Å². The van der Waals surface area contributed by atoms with Crippen molar-refractivity contribution in [3.8, 4) is 5.75 Å². The highest BCUT2D eigenvalue weighted by Crippen LogP contribution is 2.27. The smallest absolute Gasteiger partial charge is 0.152 e. The number of carbonyl (C=O) groups excluding carboxylic acids is 1. The Kier molecular flexibility index (Phi) is 4.06. The molecule has 0 spiro atoms. The molecule has 92 valence electrons. The van der Waals surface area contributed by atoms with E-state index in [0.29, 0.717) is 6.10 Å². The van der Waals surface area contributed by atoms with Gasteiger partial charge in [0.25, 0.3) is 0 Å². The standard InChI is InChI=1S/C14H17ClO2/c1-10(16)14(15)11-6-8-13(9-7-11)17-12-4-2-3-5-12/h6-9,12,14H,2-5H2,1H3. The van der Waals surface area contributed by atoms with Gasteiger partial charge in [-0.05, 0) is 50.3 Å². The number of ether oxygens (including phenoxy) is 1. The molecule has 0 N–H and O–H groups in total. The van der Waals surface area contributed by atoms with Crippen LogP contribution in [-0.2, 0) is 4.79 Å². The molecule has 2 rings (SSSR count). The number of benzene rings is 1. The fraction of sp³-hybridized carbons (Fsp3) is 0.500. The molecule has 1 saturated carbocycles. The van der Waals surface area contributed by atoms with Gasteiger partial charge < -0.3 is 4.74 Å². The average Bonchev–Trinajstić information content (AvgIpc) is 2.82. The van der Waals surface area contributed by atoms with E-state index < -0.39 is 5.38 Å². The molecule has 1 fully saturated rings. The van der Waals surface area contributed by atoms with Crippen LogP contribution in [0.4, 0.5) is 0 Å². The number of hydrogen-bond acceptors (Lipinski definition) is 2. The highest BCUT2D eigenvalue weighted by atomic mass is 35.5. The number of Topliss-reactive ketones (excluding diaryl/α,β-unsaturated/α-hetero) is 1. The van der Waals surface area contributed by atoms with Gasteiger partial charge in [0.05, 0.1) is 6.10 Å². The number of rotatable bonds is 4. The van der Waals surface area contributed by atoms with E-state index in [1.165, 1.54) is 19.8 Å². The summed E-state index contributed by atoms with van der Waals surface area (Å²) in [5, 5.41) is -0.546. The fourth-order valence-electron chi connectivity index (χ4n) is 2.15. The molecular weight excluding hydrogens is 236 g/mol. The maximum Gasteiger partial charge on any atom is 0.152 e. The molecule has 0 heterocycles. The molecular formula is C14H17ClO2. The van der Waals surface area contributed by atoms with Gasteiger partial charge in [-0.3, -0.25) is 4.79 Å². The van der Waals surface area contributed by atoms with Crippen LogP contribution in [0.15, 0.2) is 24.3 Å². The summed E-state index contributed by atoms with van der Waals surface area (Å²) >= 11 is 5.97. The maximum absolute atomic E-state index is 11.1. The van der Waals surface area contributed by atoms with Crippen molar-refractivity contribution < 1.29 is 9.53 Å². The lowest BCUT2D eigenvalue weighted by atomic mass is 10.1. The van der Waals surface area contributed by atoms with Gasteiger partial charge >= 0.3 is 0 Å². The number of ketones is 1. The third-order valence-electron chi connectivity index (χ3n) is 3.13. The number of carbonyl (C=O) groups is 1. The molecule has 0 radical (unpaired) electrons. The van der Waals surface area contributed by atoms with Crippen LogP contribution in [0.5, 0.6) is 5.75 Å². The lowest BCUT2D eigenvalue weighted by Crippen LogP contribution is -2.10. The van der Waals surface area contributed by atoms with E-state index in [-0.39, 0.29) is 5.78 Å². The Labute approximate surface area is 107 Å². The minimum absolute atomic E-state index is 0.0314. The Bertz CT molecular complexity index is 380. The average molecular weight is 253 g/mol. The molecule has 17 heavy (non-hydrogen) atoms. The van der Waals surface area contributed by atoms with E-state index in [9.17, 15) is 4.79 Å². The quantitative estimate of drug-likeness (QED) is 0.761. The zero-order valence-electron chi connectivity index (χ0n) is 9.99. The van der Waals surface area contributed by atoms with Gasteiger partial charge in [-0.1, -0.05) is 12.1 Å². The van der Waals surface area contributed by atoms with Crippen molar-refractivity contribution in [2.45, 2.75) is 44.1 Å². The maximum atomic E-state index is 11.1. The molecule has 0 amide bonds. The summed E-state index contributed by atoms with van der Waals surface area (Å²) in [5.41, 5.74) is 0.831. The molecule has 1 aliphatic rings. The summed E-state index contributed by atoms with van der Waals surface area (Å²) in [6.45, 7) is 1.50. The predicted octanol–water partition coefficient (Wildman–Crippen LogP) is 3.88. The van der Waals surface area contributed by atoms with Crippen molar-refractivity contribution in [2.24, 2.45) is 0 Å². The Morgan fingerprint density at radius 3 is 2.41 bits per heavy atom. The topological polar surface area (TPSA) is 26.3 Å². The summed E-state index contributed by atoms with van der Waals surface area (Å²) < 4.78 is 5.84. The first-order valence-electron chi connectivity index (χ1n) is 6.08. The highest BCUT2D eigenvalue weighted by Gasteiger charge is 2.17. The molecule has 1 aliphatic carbocycles. The minimum atomic E-state index is -0.546. The monoisotopic (exact) mass is 252 g/mol. The molecule has 0 bridgehead atoms. The minimum Gasteiger partial charge on any atom is -0.490 e. The van der Waals surface area contributed by atoms with Gasteiger partial charge in [-0.25, -0.2) is 0 Å². The van der Waals surface area contributed by atoms with Gasteiger partial charge in [-0.15, -0.1) is 11.6 Å². The van der Waals surface area contributed by atoms with Crippen LogP contribution in [0.3, 0.4) is 0 Å². The van der Waals surface area contributed by atoms with Crippen LogP contribution in [0, 0.1) is 0 Å². The molecule has 0 aliphatic heterocycles. The third kappa shape index (κ3) is 3.22. The number of halogens is 1. The van der Waals surface area contributed by atoms with Gasteiger partial charge in [0.15, 0.2) is 5.78 Å². The Morgan fingerprint density at radius 1 is 1.29 bits per heavy atom. The van der Waals surface area contributed by atoms with Crippen LogP contribution in [0.25, 0.3) is 0 Å². The van der Waals surface area contributed by atoms with Crippen molar-refractivity contribution in [3.05, 3.63) is 29.8 Å². The van der Waals surface area contributed by atoms with E-state index in [2.05, 4.69) is 0 Å². The fourth-order valence-corrected chi connectivity index (χ4v) is 2.29. The van der Waals surface area contributed by atoms with Crippen molar-refractivity contribution in [3.63, 3.8) is 0 Å². The lowest BCUT2D eigenvalue weighted by molar-refractivity contribution is -0.116. The Morgan fingerprint density at radius 2 is 1.88 bits per heavy atom.